The van der Waals surface area contributed by atoms with Gasteiger partial charge in [0, 0.05) is 11.1 Å². The second-order valence-corrected chi connectivity index (χ2v) is 7.79. The van der Waals surface area contributed by atoms with Crippen LogP contribution in [-0.2, 0) is 6.42 Å². The van der Waals surface area contributed by atoms with Crippen molar-refractivity contribution in [3.8, 4) is 11.1 Å². The van der Waals surface area contributed by atoms with Crippen LogP contribution in [0.3, 0.4) is 0 Å². The Morgan fingerprint density at radius 2 is 1.59 bits per heavy atom. The molecule has 27 heavy (non-hydrogen) atoms. The fraction of sp³-hybridized carbons (Fsp3) is 0.440. The van der Waals surface area contributed by atoms with Crippen LogP contribution in [0.4, 0.5) is 8.78 Å². The maximum atomic E-state index is 14.8. The minimum Gasteiger partial charge on any atom is -0.206 e. The van der Waals surface area contributed by atoms with E-state index in [9.17, 15) is 8.78 Å². The molecular formula is C25H30F2. The van der Waals surface area contributed by atoms with Crippen LogP contribution in [0.15, 0.2) is 48.6 Å². The first-order chi connectivity index (χ1) is 13.1. The van der Waals surface area contributed by atoms with Gasteiger partial charge in [0.2, 0.25) is 0 Å². The molecule has 0 amide bonds. The number of rotatable bonds is 6. The van der Waals surface area contributed by atoms with E-state index in [0.717, 1.165) is 42.7 Å². The van der Waals surface area contributed by atoms with Gasteiger partial charge in [-0.1, -0.05) is 49.8 Å². The predicted molar refractivity (Wildman–Crippen MR) is 110 cm³/mol. The summed E-state index contributed by atoms with van der Waals surface area (Å²) in [6.45, 7) is 4.23. The highest BCUT2D eigenvalue weighted by Crippen LogP contribution is 2.38. The molecule has 0 heterocycles. The Hall–Kier alpha value is -1.96. The van der Waals surface area contributed by atoms with E-state index in [1.165, 1.54) is 25.3 Å². The van der Waals surface area contributed by atoms with Gasteiger partial charge in [0.1, 0.15) is 11.6 Å². The standard InChI is InChI=1S/C25H30F2/c1-3-5-6-7-19-10-14-22(24(26)16-19)23-15-13-21(17-25(23)27)20-11-8-18(4-2)9-12-20/h3,5,10,13-18,20H,4,6-9,11-12H2,1-2H3/b5-3+. The molecule has 0 spiro atoms. The molecule has 1 saturated carbocycles. The minimum absolute atomic E-state index is 0.314. The third kappa shape index (κ3) is 4.86. The lowest BCUT2D eigenvalue weighted by Gasteiger charge is -2.28. The number of benzene rings is 2. The van der Waals surface area contributed by atoms with Crippen molar-refractivity contribution in [1.82, 2.24) is 0 Å². The lowest BCUT2D eigenvalue weighted by Crippen LogP contribution is -2.12. The van der Waals surface area contributed by atoms with E-state index >= 15 is 0 Å². The highest BCUT2D eigenvalue weighted by atomic mass is 19.1. The van der Waals surface area contributed by atoms with Crippen LogP contribution in [-0.4, -0.2) is 0 Å². The highest BCUT2D eigenvalue weighted by Gasteiger charge is 2.22. The predicted octanol–water partition coefficient (Wildman–Crippen LogP) is 7.82. The van der Waals surface area contributed by atoms with Crippen molar-refractivity contribution in [2.75, 3.05) is 0 Å². The summed E-state index contributed by atoms with van der Waals surface area (Å²) in [5, 5.41) is 0. The van der Waals surface area contributed by atoms with Gasteiger partial charge in [-0.05, 0) is 80.5 Å². The molecule has 0 nitrogen and oxygen atoms in total. The Morgan fingerprint density at radius 1 is 0.926 bits per heavy atom. The largest absolute Gasteiger partial charge is 0.206 e. The molecule has 0 atom stereocenters. The third-order valence-corrected chi connectivity index (χ3v) is 6.05. The van der Waals surface area contributed by atoms with Crippen LogP contribution in [0.1, 0.15) is 69.4 Å². The molecule has 2 aromatic carbocycles. The van der Waals surface area contributed by atoms with Gasteiger partial charge < -0.3 is 0 Å². The quantitative estimate of drug-likeness (QED) is 0.456. The fourth-order valence-corrected chi connectivity index (χ4v) is 4.26. The van der Waals surface area contributed by atoms with Crippen molar-refractivity contribution in [3.63, 3.8) is 0 Å². The SMILES string of the molecule is C/C=C/CCc1ccc(-c2ccc(C3CCC(CC)CC3)cc2F)c(F)c1. The number of hydrogen-bond acceptors (Lipinski definition) is 0. The molecule has 0 aliphatic heterocycles. The van der Waals surface area contributed by atoms with Gasteiger partial charge in [0.25, 0.3) is 0 Å². The van der Waals surface area contributed by atoms with Crippen LogP contribution < -0.4 is 0 Å². The number of hydrogen-bond donors (Lipinski definition) is 0. The van der Waals surface area contributed by atoms with Crippen molar-refractivity contribution in [2.24, 2.45) is 5.92 Å². The molecule has 1 aliphatic carbocycles. The smallest absolute Gasteiger partial charge is 0.131 e. The molecule has 0 aromatic heterocycles. The summed E-state index contributed by atoms with van der Waals surface area (Å²) in [7, 11) is 0. The Labute approximate surface area is 162 Å². The number of halogens is 2. The van der Waals surface area contributed by atoms with Crippen LogP contribution in [0.2, 0.25) is 0 Å². The van der Waals surface area contributed by atoms with E-state index in [0.29, 0.717) is 17.0 Å². The second-order valence-electron chi connectivity index (χ2n) is 7.79. The number of allylic oxidation sites excluding steroid dienone is 2. The summed E-state index contributed by atoms with van der Waals surface area (Å²) in [6.07, 6.45) is 11.7. The van der Waals surface area contributed by atoms with Crippen LogP contribution >= 0.6 is 0 Å². The average molecular weight is 369 g/mol. The van der Waals surface area contributed by atoms with Crippen LogP contribution in [0.5, 0.6) is 0 Å². The van der Waals surface area contributed by atoms with Crippen molar-refractivity contribution < 1.29 is 8.78 Å². The Kier molecular flexibility index (Phi) is 6.82. The molecule has 1 fully saturated rings. The first kappa shape index (κ1) is 19.8. The second kappa shape index (κ2) is 9.30. The molecule has 2 aromatic rings. The average Bonchev–Trinajstić information content (AvgIpc) is 2.69. The molecule has 3 rings (SSSR count). The van der Waals surface area contributed by atoms with Gasteiger partial charge in [0.15, 0.2) is 0 Å². The van der Waals surface area contributed by atoms with Gasteiger partial charge in [-0.2, -0.15) is 0 Å². The van der Waals surface area contributed by atoms with Crippen molar-refractivity contribution in [1.29, 1.82) is 0 Å². The summed E-state index contributed by atoms with van der Waals surface area (Å²) in [5.41, 5.74) is 2.72. The van der Waals surface area contributed by atoms with Crippen LogP contribution in [0, 0.1) is 17.6 Å². The molecule has 1 aliphatic rings. The van der Waals surface area contributed by atoms with Gasteiger partial charge in [0.05, 0.1) is 0 Å². The Balaban J connectivity index is 1.76. The summed E-state index contributed by atoms with van der Waals surface area (Å²) in [6, 6.07) is 10.5. The zero-order valence-electron chi connectivity index (χ0n) is 16.5. The monoisotopic (exact) mass is 368 g/mol. The summed E-state index contributed by atoms with van der Waals surface area (Å²) < 4.78 is 29.4. The topological polar surface area (TPSA) is 0 Å². The third-order valence-electron chi connectivity index (χ3n) is 6.05. The van der Waals surface area contributed by atoms with Crippen molar-refractivity contribution >= 4 is 0 Å². The van der Waals surface area contributed by atoms with Crippen LogP contribution in [0.25, 0.3) is 11.1 Å². The molecule has 0 N–H and O–H groups in total. The number of aryl methyl sites for hydroxylation is 1. The molecule has 0 bridgehead atoms. The van der Waals surface area contributed by atoms with E-state index < -0.39 is 0 Å². The molecule has 2 heteroatoms. The molecular weight excluding hydrogens is 338 g/mol. The van der Waals surface area contributed by atoms with E-state index in [4.69, 9.17) is 0 Å². The zero-order valence-corrected chi connectivity index (χ0v) is 16.5. The zero-order chi connectivity index (χ0) is 19.2. The lowest BCUT2D eigenvalue weighted by atomic mass is 9.77. The molecule has 0 radical (unpaired) electrons. The molecule has 0 saturated heterocycles. The molecule has 144 valence electrons. The van der Waals surface area contributed by atoms with Crippen molar-refractivity contribution in [3.05, 3.63) is 71.3 Å². The maximum absolute atomic E-state index is 14.8. The van der Waals surface area contributed by atoms with E-state index in [1.807, 2.05) is 25.1 Å². The van der Waals surface area contributed by atoms with Crippen molar-refractivity contribution in [2.45, 2.75) is 64.7 Å². The van der Waals surface area contributed by atoms with Gasteiger partial charge >= 0.3 is 0 Å². The normalized spacial score (nSPS) is 20.3. The van der Waals surface area contributed by atoms with E-state index in [1.54, 1.807) is 18.2 Å². The lowest BCUT2D eigenvalue weighted by molar-refractivity contribution is 0.318. The van der Waals surface area contributed by atoms with Gasteiger partial charge in [-0.3, -0.25) is 0 Å². The van der Waals surface area contributed by atoms with E-state index in [2.05, 4.69) is 13.0 Å². The highest BCUT2D eigenvalue weighted by molar-refractivity contribution is 5.65. The first-order valence-electron chi connectivity index (χ1n) is 10.3. The first-order valence-corrected chi connectivity index (χ1v) is 10.3. The summed E-state index contributed by atoms with van der Waals surface area (Å²) in [5.74, 6) is 0.606. The summed E-state index contributed by atoms with van der Waals surface area (Å²) in [4.78, 5) is 0. The Bertz CT molecular complexity index is 783. The maximum Gasteiger partial charge on any atom is 0.131 e. The van der Waals surface area contributed by atoms with Gasteiger partial charge in [-0.25, -0.2) is 8.78 Å². The van der Waals surface area contributed by atoms with E-state index in [-0.39, 0.29) is 11.6 Å². The minimum atomic E-state index is -0.344. The Morgan fingerprint density at radius 3 is 2.19 bits per heavy atom. The fourth-order valence-electron chi connectivity index (χ4n) is 4.26. The van der Waals surface area contributed by atoms with Gasteiger partial charge in [-0.15, -0.1) is 0 Å². The molecule has 0 unspecified atom stereocenters. The summed E-state index contributed by atoms with van der Waals surface area (Å²) >= 11 is 0.